The summed E-state index contributed by atoms with van der Waals surface area (Å²) in [6.45, 7) is 11.3. The zero-order valence-electron chi connectivity index (χ0n) is 12.0. The lowest BCUT2D eigenvalue weighted by atomic mass is 10.1. The molecule has 0 aromatic carbocycles. The second-order valence-corrected chi connectivity index (χ2v) is 6.60. The lowest BCUT2D eigenvalue weighted by Crippen LogP contribution is -2.28. The van der Waals surface area contributed by atoms with Crippen molar-refractivity contribution in [3.05, 3.63) is 22.8 Å². The highest BCUT2D eigenvalue weighted by Crippen LogP contribution is 2.17. The van der Waals surface area contributed by atoms with Gasteiger partial charge in [-0.3, -0.25) is 0 Å². The van der Waals surface area contributed by atoms with E-state index >= 15 is 0 Å². The minimum atomic E-state index is 0.738. The molecular formula is C15H25BrN2. The van der Waals surface area contributed by atoms with E-state index in [9.17, 15) is 0 Å². The highest BCUT2D eigenvalue weighted by atomic mass is 79.9. The summed E-state index contributed by atoms with van der Waals surface area (Å²) in [6, 6.07) is 4.17. The van der Waals surface area contributed by atoms with Crippen molar-refractivity contribution in [2.24, 2.45) is 11.8 Å². The van der Waals surface area contributed by atoms with Gasteiger partial charge >= 0.3 is 0 Å². The number of anilines is 1. The molecule has 1 aromatic rings. The maximum Gasteiger partial charge on any atom is 0.128 e. The molecule has 1 aromatic heterocycles. The topological polar surface area (TPSA) is 16.1 Å². The fourth-order valence-electron chi connectivity index (χ4n) is 1.72. The molecule has 0 aliphatic rings. The highest BCUT2D eigenvalue weighted by molar-refractivity contribution is 9.10. The molecule has 102 valence electrons. The van der Waals surface area contributed by atoms with Crippen LogP contribution in [0.3, 0.4) is 0 Å². The van der Waals surface area contributed by atoms with Gasteiger partial charge in [-0.05, 0) is 52.7 Å². The Morgan fingerprint density at radius 1 is 1.06 bits per heavy atom. The van der Waals surface area contributed by atoms with Crippen LogP contribution in [0, 0.1) is 11.8 Å². The third kappa shape index (κ3) is 5.85. The van der Waals surface area contributed by atoms with E-state index in [1.807, 2.05) is 6.20 Å². The Kier molecular flexibility index (Phi) is 6.69. The van der Waals surface area contributed by atoms with Gasteiger partial charge in [0.05, 0.1) is 0 Å². The standard InChI is InChI=1S/C15H25BrN2/c1-12(2)7-9-18(10-8-13(3)4)15-6-5-14(16)11-17-15/h5-6,11-13H,7-10H2,1-4H3. The lowest BCUT2D eigenvalue weighted by Gasteiger charge is -2.25. The molecule has 0 aliphatic heterocycles. The van der Waals surface area contributed by atoms with Crippen LogP contribution in [0.4, 0.5) is 5.82 Å². The summed E-state index contributed by atoms with van der Waals surface area (Å²) in [5.74, 6) is 2.57. The lowest BCUT2D eigenvalue weighted by molar-refractivity contribution is 0.533. The van der Waals surface area contributed by atoms with Gasteiger partial charge in [0.1, 0.15) is 5.82 Å². The van der Waals surface area contributed by atoms with Crippen molar-refractivity contribution in [2.45, 2.75) is 40.5 Å². The van der Waals surface area contributed by atoms with Gasteiger partial charge in [-0.1, -0.05) is 27.7 Å². The molecule has 0 spiro atoms. The molecule has 0 atom stereocenters. The van der Waals surface area contributed by atoms with E-state index in [4.69, 9.17) is 0 Å². The van der Waals surface area contributed by atoms with Crippen LogP contribution in [0.15, 0.2) is 22.8 Å². The smallest absolute Gasteiger partial charge is 0.128 e. The molecule has 0 aliphatic carbocycles. The van der Waals surface area contributed by atoms with Gasteiger partial charge < -0.3 is 4.90 Å². The number of halogens is 1. The SMILES string of the molecule is CC(C)CCN(CCC(C)C)c1ccc(Br)cn1. The largest absolute Gasteiger partial charge is 0.357 e. The van der Waals surface area contributed by atoms with Crippen LogP contribution in [0.5, 0.6) is 0 Å². The first-order valence-corrected chi connectivity index (χ1v) is 7.65. The van der Waals surface area contributed by atoms with E-state index in [0.717, 1.165) is 35.2 Å². The average Bonchev–Trinajstić information content (AvgIpc) is 2.30. The second kappa shape index (κ2) is 7.78. The quantitative estimate of drug-likeness (QED) is 0.722. The fourth-order valence-corrected chi connectivity index (χ4v) is 1.96. The molecule has 0 saturated heterocycles. The molecule has 18 heavy (non-hydrogen) atoms. The Balaban J connectivity index is 2.66. The van der Waals surface area contributed by atoms with Crippen LogP contribution < -0.4 is 4.90 Å². The van der Waals surface area contributed by atoms with Crippen molar-refractivity contribution in [2.75, 3.05) is 18.0 Å². The van der Waals surface area contributed by atoms with Crippen molar-refractivity contribution in [3.63, 3.8) is 0 Å². The number of pyridine rings is 1. The van der Waals surface area contributed by atoms with E-state index in [1.54, 1.807) is 0 Å². The molecule has 0 saturated carbocycles. The number of rotatable bonds is 7. The van der Waals surface area contributed by atoms with Crippen LogP contribution in [-0.2, 0) is 0 Å². The van der Waals surface area contributed by atoms with E-state index in [0.29, 0.717) is 0 Å². The fraction of sp³-hybridized carbons (Fsp3) is 0.667. The van der Waals surface area contributed by atoms with Crippen LogP contribution in [-0.4, -0.2) is 18.1 Å². The predicted molar refractivity (Wildman–Crippen MR) is 83.1 cm³/mol. The minimum absolute atomic E-state index is 0.738. The molecule has 0 radical (unpaired) electrons. The third-order valence-electron chi connectivity index (χ3n) is 2.99. The summed E-state index contributed by atoms with van der Waals surface area (Å²) in [7, 11) is 0. The number of nitrogens with zero attached hydrogens (tertiary/aromatic N) is 2. The maximum atomic E-state index is 4.51. The molecule has 1 heterocycles. The monoisotopic (exact) mass is 312 g/mol. The summed E-state index contributed by atoms with van der Waals surface area (Å²) < 4.78 is 1.04. The maximum absolute atomic E-state index is 4.51. The summed E-state index contributed by atoms with van der Waals surface area (Å²) in [5, 5.41) is 0. The molecule has 0 bridgehead atoms. The summed E-state index contributed by atoms with van der Waals surface area (Å²) in [5.41, 5.74) is 0. The Morgan fingerprint density at radius 3 is 2.00 bits per heavy atom. The van der Waals surface area contributed by atoms with Crippen LogP contribution in [0.25, 0.3) is 0 Å². The van der Waals surface area contributed by atoms with Crippen LogP contribution in [0.2, 0.25) is 0 Å². The van der Waals surface area contributed by atoms with Crippen molar-refractivity contribution in [1.29, 1.82) is 0 Å². The second-order valence-electron chi connectivity index (χ2n) is 5.69. The average molecular weight is 313 g/mol. The van der Waals surface area contributed by atoms with Crippen LogP contribution >= 0.6 is 15.9 Å². The molecular weight excluding hydrogens is 288 g/mol. The zero-order chi connectivity index (χ0) is 13.5. The zero-order valence-corrected chi connectivity index (χ0v) is 13.6. The van der Waals surface area contributed by atoms with Gasteiger partial charge in [0, 0.05) is 23.8 Å². The Labute approximate surface area is 120 Å². The minimum Gasteiger partial charge on any atom is -0.357 e. The first-order chi connectivity index (χ1) is 8.49. The number of aromatic nitrogens is 1. The summed E-state index contributed by atoms with van der Waals surface area (Å²) in [4.78, 5) is 6.92. The molecule has 0 unspecified atom stereocenters. The third-order valence-corrected chi connectivity index (χ3v) is 3.46. The summed E-state index contributed by atoms with van der Waals surface area (Å²) in [6.07, 6.45) is 4.32. The number of hydrogen-bond acceptors (Lipinski definition) is 2. The predicted octanol–water partition coefficient (Wildman–Crippen LogP) is 4.74. The van der Waals surface area contributed by atoms with Crippen molar-refractivity contribution < 1.29 is 0 Å². The van der Waals surface area contributed by atoms with E-state index < -0.39 is 0 Å². The number of hydrogen-bond donors (Lipinski definition) is 0. The normalized spacial score (nSPS) is 11.3. The van der Waals surface area contributed by atoms with Crippen molar-refractivity contribution in [3.8, 4) is 0 Å². The van der Waals surface area contributed by atoms with Gasteiger partial charge in [0.15, 0.2) is 0 Å². The van der Waals surface area contributed by atoms with E-state index in [1.165, 1.54) is 12.8 Å². The Hall–Kier alpha value is -0.570. The van der Waals surface area contributed by atoms with Gasteiger partial charge in [0.25, 0.3) is 0 Å². The van der Waals surface area contributed by atoms with Crippen LogP contribution in [0.1, 0.15) is 40.5 Å². The molecule has 0 N–H and O–H groups in total. The molecule has 0 amide bonds. The Morgan fingerprint density at radius 2 is 1.61 bits per heavy atom. The van der Waals surface area contributed by atoms with Gasteiger partial charge in [-0.25, -0.2) is 4.98 Å². The molecule has 1 rings (SSSR count). The summed E-state index contributed by atoms with van der Waals surface area (Å²) >= 11 is 3.44. The first-order valence-electron chi connectivity index (χ1n) is 6.85. The molecule has 3 heteroatoms. The van der Waals surface area contributed by atoms with E-state index in [2.05, 4.69) is 65.6 Å². The van der Waals surface area contributed by atoms with Crippen molar-refractivity contribution in [1.82, 2.24) is 4.98 Å². The highest BCUT2D eigenvalue weighted by Gasteiger charge is 2.09. The molecule has 2 nitrogen and oxygen atoms in total. The van der Waals surface area contributed by atoms with E-state index in [-0.39, 0.29) is 0 Å². The van der Waals surface area contributed by atoms with Gasteiger partial charge in [0.2, 0.25) is 0 Å². The van der Waals surface area contributed by atoms with Gasteiger partial charge in [-0.15, -0.1) is 0 Å². The first kappa shape index (κ1) is 15.5. The van der Waals surface area contributed by atoms with Gasteiger partial charge in [-0.2, -0.15) is 0 Å². The molecule has 0 fully saturated rings. The Bertz CT molecular complexity index is 321. The van der Waals surface area contributed by atoms with Crippen molar-refractivity contribution >= 4 is 21.7 Å².